The number of aliphatic hydroxyl groups is 1. The van der Waals surface area contributed by atoms with E-state index in [1.54, 1.807) is 0 Å². The maximum absolute atomic E-state index is 9.76. The van der Waals surface area contributed by atoms with Crippen LogP contribution in [0.15, 0.2) is 36.5 Å². The van der Waals surface area contributed by atoms with Crippen molar-refractivity contribution < 1.29 is 9.84 Å². The highest BCUT2D eigenvalue weighted by molar-refractivity contribution is 5.18. The van der Waals surface area contributed by atoms with Crippen LogP contribution < -0.4 is 0 Å². The molecule has 0 spiro atoms. The van der Waals surface area contributed by atoms with E-state index in [0.29, 0.717) is 12.1 Å². The van der Waals surface area contributed by atoms with E-state index < -0.39 is 0 Å². The van der Waals surface area contributed by atoms with Crippen LogP contribution in [-0.4, -0.2) is 48.0 Å². The Labute approximate surface area is 135 Å². The van der Waals surface area contributed by atoms with Crippen LogP contribution in [0, 0.1) is 0 Å². The van der Waals surface area contributed by atoms with E-state index in [1.165, 1.54) is 19.3 Å². The second-order valence-electron chi connectivity index (χ2n) is 6.49. The third-order valence-electron chi connectivity index (χ3n) is 4.72. The van der Waals surface area contributed by atoms with Crippen molar-refractivity contribution in [1.29, 1.82) is 0 Å². The van der Waals surface area contributed by atoms with Crippen LogP contribution in [0.5, 0.6) is 0 Å². The summed E-state index contributed by atoms with van der Waals surface area (Å²) in [4.78, 5) is 2.44. The van der Waals surface area contributed by atoms with Gasteiger partial charge in [0.15, 0.2) is 0 Å². The van der Waals surface area contributed by atoms with Crippen molar-refractivity contribution in [3.63, 3.8) is 0 Å². The van der Waals surface area contributed by atoms with Gasteiger partial charge in [-0.05, 0) is 32.6 Å². The second kappa shape index (κ2) is 9.29. The van der Waals surface area contributed by atoms with Gasteiger partial charge in [-0.15, -0.1) is 0 Å². The van der Waals surface area contributed by atoms with Crippen LogP contribution in [0.4, 0.5) is 0 Å². The van der Waals surface area contributed by atoms with Crippen LogP contribution in [0.25, 0.3) is 0 Å². The molecule has 0 bridgehead atoms. The average Bonchev–Trinajstić information content (AvgIpc) is 2.94. The predicted molar refractivity (Wildman–Crippen MR) is 91.9 cm³/mol. The molecular formula is C19H31NO2. The normalized spacial score (nSPS) is 30.5. The van der Waals surface area contributed by atoms with Gasteiger partial charge in [0.05, 0.1) is 18.8 Å². The van der Waals surface area contributed by atoms with Crippen molar-refractivity contribution in [2.24, 2.45) is 0 Å². The van der Waals surface area contributed by atoms with E-state index in [1.807, 2.05) is 25.2 Å². The number of ether oxygens (including phenoxy) is 1. The molecule has 1 aliphatic heterocycles. The number of hydrogen-bond donors (Lipinski definition) is 1. The highest BCUT2D eigenvalue weighted by Crippen LogP contribution is 2.28. The molecule has 2 rings (SSSR count). The Bertz CT molecular complexity index is 402. The standard InChI is InChI=1S/C19H31NO2/c1-3-4-5-8-16(2)12-14-22-19-10-7-6-9-18(19)20-13-11-17(21)15-20/h3-5,8,17-19,21H,2,6-7,9-15H2,1H3/b4-3-,8-5-/t17-,18+,19+/m0/s1. The van der Waals surface area contributed by atoms with Crippen molar-refractivity contribution in [1.82, 2.24) is 4.90 Å². The Balaban J connectivity index is 1.75. The lowest BCUT2D eigenvalue weighted by molar-refractivity contribution is -0.0314. The monoisotopic (exact) mass is 305 g/mol. The number of hydrogen-bond acceptors (Lipinski definition) is 3. The SMILES string of the molecule is C=C(/C=C\C=C/C)CCO[C@@H]1CCCC[C@H]1N1CC[C@H](O)C1. The zero-order chi connectivity index (χ0) is 15.8. The number of aliphatic hydroxyl groups excluding tert-OH is 1. The van der Waals surface area contributed by atoms with Crippen molar-refractivity contribution in [2.45, 2.75) is 63.7 Å². The van der Waals surface area contributed by atoms with Gasteiger partial charge in [-0.2, -0.15) is 0 Å². The summed E-state index contributed by atoms with van der Waals surface area (Å²) in [5.74, 6) is 0. The summed E-state index contributed by atoms with van der Waals surface area (Å²) in [5, 5.41) is 9.76. The molecule has 0 amide bonds. The minimum atomic E-state index is -0.140. The molecule has 1 aliphatic carbocycles. The van der Waals surface area contributed by atoms with E-state index in [-0.39, 0.29) is 6.10 Å². The molecule has 2 fully saturated rings. The second-order valence-corrected chi connectivity index (χ2v) is 6.49. The first kappa shape index (κ1) is 17.5. The molecule has 2 aliphatic rings. The van der Waals surface area contributed by atoms with Gasteiger partial charge in [0.25, 0.3) is 0 Å². The lowest BCUT2D eigenvalue weighted by Gasteiger charge is -2.37. The quantitative estimate of drug-likeness (QED) is 0.731. The summed E-state index contributed by atoms with van der Waals surface area (Å²) in [5.41, 5.74) is 1.11. The Kier molecular flexibility index (Phi) is 7.37. The molecule has 124 valence electrons. The van der Waals surface area contributed by atoms with Crippen molar-refractivity contribution >= 4 is 0 Å². The molecule has 0 unspecified atom stereocenters. The fraction of sp³-hybridized carbons (Fsp3) is 0.684. The van der Waals surface area contributed by atoms with Crippen LogP contribution in [0.2, 0.25) is 0 Å². The molecule has 22 heavy (non-hydrogen) atoms. The Morgan fingerprint density at radius 1 is 1.27 bits per heavy atom. The number of allylic oxidation sites excluding steroid dienone is 4. The first-order valence-corrected chi connectivity index (χ1v) is 8.71. The summed E-state index contributed by atoms with van der Waals surface area (Å²) in [6.45, 7) is 8.67. The van der Waals surface area contributed by atoms with Gasteiger partial charge in [0.2, 0.25) is 0 Å². The molecule has 3 atom stereocenters. The van der Waals surface area contributed by atoms with Crippen molar-refractivity contribution in [2.75, 3.05) is 19.7 Å². The third-order valence-corrected chi connectivity index (χ3v) is 4.72. The number of rotatable bonds is 7. The fourth-order valence-electron chi connectivity index (χ4n) is 3.49. The molecule has 1 saturated carbocycles. The summed E-state index contributed by atoms with van der Waals surface area (Å²) in [7, 11) is 0. The summed E-state index contributed by atoms with van der Waals surface area (Å²) in [6, 6.07) is 0.498. The van der Waals surface area contributed by atoms with E-state index in [4.69, 9.17) is 4.74 Å². The van der Waals surface area contributed by atoms with Gasteiger partial charge in [-0.1, -0.05) is 49.3 Å². The summed E-state index contributed by atoms with van der Waals surface area (Å²) in [6.07, 6.45) is 15.0. The average molecular weight is 305 g/mol. The minimum Gasteiger partial charge on any atom is -0.392 e. The van der Waals surface area contributed by atoms with Crippen LogP contribution in [-0.2, 0) is 4.74 Å². The maximum atomic E-state index is 9.76. The zero-order valence-corrected chi connectivity index (χ0v) is 13.9. The summed E-state index contributed by atoms with van der Waals surface area (Å²) < 4.78 is 6.18. The first-order chi connectivity index (χ1) is 10.7. The van der Waals surface area contributed by atoms with E-state index in [0.717, 1.165) is 44.5 Å². The zero-order valence-electron chi connectivity index (χ0n) is 13.9. The van der Waals surface area contributed by atoms with Crippen molar-refractivity contribution in [3.8, 4) is 0 Å². The molecule has 3 nitrogen and oxygen atoms in total. The Hall–Kier alpha value is -0.900. The van der Waals surface area contributed by atoms with Crippen LogP contribution in [0.3, 0.4) is 0 Å². The van der Waals surface area contributed by atoms with E-state index >= 15 is 0 Å². The third kappa shape index (κ3) is 5.38. The number of likely N-dealkylation sites (tertiary alicyclic amines) is 1. The molecule has 1 heterocycles. The highest BCUT2D eigenvalue weighted by Gasteiger charge is 2.34. The van der Waals surface area contributed by atoms with Crippen LogP contribution in [0.1, 0.15) is 45.4 Å². The van der Waals surface area contributed by atoms with E-state index in [2.05, 4.69) is 17.6 Å². The minimum absolute atomic E-state index is 0.140. The smallest absolute Gasteiger partial charge is 0.0730 e. The molecule has 0 aromatic rings. The molecule has 1 saturated heterocycles. The Morgan fingerprint density at radius 3 is 2.82 bits per heavy atom. The molecule has 0 aromatic carbocycles. The van der Waals surface area contributed by atoms with Crippen molar-refractivity contribution in [3.05, 3.63) is 36.5 Å². The number of nitrogens with zero attached hydrogens (tertiary/aromatic N) is 1. The molecule has 1 N–H and O–H groups in total. The lowest BCUT2D eigenvalue weighted by atomic mass is 9.91. The molecule has 0 aromatic heterocycles. The molecule has 3 heteroatoms. The number of β-amino-alcohol motifs (C(OH)–C–C–N with tert-alkyl or cyclic N) is 1. The summed E-state index contributed by atoms with van der Waals surface area (Å²) >= 11 is 0. The largest absolute Gasteiger partial charge is 0.392 e. The van der Waals surface area contributed by atoms with Crippen LogP contribution >= 0.6 is 0 Å². The van der Waals surface area contributed by atoms with Gasteiger partial charge < -0.3 is 9.84 Å². The van der Waals surface area contributed by atoms with Gasteiger partial charge in [-0.3, -0.25) is 4.90 Å². The first-order valence-electron chi connectivity index (χ1n) is 8.71. The van der Waals surface area contributed by atoms with Gasteiger partial charge in [0.1, 0.15) is 0 Å². The Morgan fingerprint density at radius 2 is 2.09 bits per heavy atom. The lowest BCUT2D eigenvalue weighted by Crippen LogP contribution is -2.46. The highest BCUT2D eigenvalue weighted by atomic mass is 16.5. The fourth-order valence-corrected chi connectivity index (χ4v) is 3.49. The maximum Gasteiger partial charge on any atom is 0.0730 e. The van der Waals surface area contributed by atoms with Gasteiger partial charge >= 0.3 is 0 Å². The molecule has 0 radical (unpaired) electrons. The molecular weight excluding hydrogens is 274 g/mol. The predicted octanol–water partition coefficient (Wildman–Crippen LogP) is 3.46. The topological polar surface area (TPSA) is 32.7 Å². The van der Waals surface area contributed by atoms with E-state index in [9.17, 15) is 5.11 Å². The van der Waals surface area contributed by atoms with Gasteiger partial charge in [-0.25, -0.2) is 0 Å². The van der Waals surface area contributed by atoms with Gasteiger partial charge in [0, 0.05) is 19.1 Å².